The minimum atomic E-state index is -1.24. The molecule has 2 aliphatic heterocycles. The zero-order valence-electron chi connectivity index (χ0n) is 20.9. The number of halogens is 1. The number of thioether (sulfide) groups is 1. The van der Waals surface area contributed by atoms with E-state index < -0.39 is 41.6 Å². The van der Waals surface area contributed by atoms with Gasteiger partial charge in [-0.15, -0.1) is 11.8 Å². The third-order valence-electron chi connectivity index (χ3n) is 8.46. The first-order valence-electron chi connectivity index (χ1n) is 12.7. The Hall–Kier alpha value is -2.83. The molecule has 0 radical (unpaired) electrons. The molecule has 2 bridgehead atoms. The van der Waals surface area contributed by atoms with E-state index in [9.17, 15) is 29.1 Å². The second kappa shape index (κ2) is 9.67. The van der Waals surface area contributed by atoms with Crippen LogP contribution in [0.5, 0.6) is 5.75 Å². The number of likely N-dealkylation sites (tertiary alicyclic amines) is 1. The Morgan fingerprint density at radius 1 is 1.21 bits per heavy atom. The average Bonchev–Trinajstić information content (AvgIpc) is 3.61. The molecule has 6 rings (SSSR count). The van der Waals surface area contributed by atoms with Crippen molar-refractivity contribution < 1.29 is 33.8 Å². The van der Waals surface area contributed by atoms with Gasteiger partial charge in [0.25, 0.3) is 0 Å². The molecular weight excluding hydrogens is 568 g/mol. The summed E-state index contributed by atoms with van der Waals surface area (Å²) in [5, 5.41) is 10.6. The summed E-state index contributed by atoms with van der Waals surface area (Å²) in [5.41, 5.74) is 0.690. The molecule has 1 saturated heterocycles. The normalized spacial score (nSPS) is 31.1. The summed E-state index contributed by atoms with van der Waals surface area (Å²) in [7, 11) is 0. The number of carboxylic acid groups (broad SMARTS) is 1. The van der Waals surface area contributed by atoms with Gasteiger partial charge in [-0.1, -0.05) is 22.9 Å². The van der Waals surface area contributed by atoms with Gasteiger partial charge in [0.05, 0.1) is 23.5 Å². The topological polar surface area (TPSA) is 143 Å². The molecule has 8 atom stereocenters. The van der Waals surface area contributed by atoms with E-state index in [2.05, 4.69) is 4.98 Å². The highest BCUT2D eigenvalue weighted by Gasteiger charge is 2.70. The maximum absolute atomic E-state index is 13.5. The van der Waals surface area contributed by atoms with Crippen molar-refractivity contribution in [1.29, 1.82) is 0 Å². The first-order chi connectivity index (χ1) is 18.6. The van der Waals surface area contributed by atoms with Crippen LogP contribution in [0.25, 0.3) is 0 Å². The van der Waals surface area contributed by atoms with Gasteiger partial charge in [0.2, 0.25) is 11.8 Å². The zero-order chi connectivity index (χ0) is 27.7. The molecule has 2 N–H and O–H groups in total. The lowest BCUT2D eigenvalue weighted by molar-refractivity contribution is -0.154. The Morgan fingerprint density at radius 2 is 1.92 bits per heavy atom. The monoisotopic (exact) mass is 592 g/mol. The van der Waals surface area contributed by atoms with Gasteiger partial charge >= 0.3 is 16.8 Å². The number of carboxylic acids is 1. The molecule has 2 saturated carbocycles. The molecule has 0 spiro atoms. The summed E-state index contributed by atoms with van der Waals surface area (Å²) >= 11 is 9.05. The van der Waals surface area contributed by atoms with Gasteiger partial charge < -0.3 is 19.6 Å². The number of H-pyrrole nitrogens is 1. The van der Waals surface area contributed by atoms with Gasteiger partial charge in [0.1, 0.15) is 11.8 Å². The fourth-order valence-corrected chi connectivity index (χ4v) is 10.2. The number of aliphatic carboxylic acids is 1. The fraction of sp³-hybridized carbons (Fsp3) is 0.500. The molecule has 2 aliphatic carbocycles. The molecule has 13 heteroatoms. The fourth-order valence-electron chi connectivity index (χ4n) is 7.11. The molecule has 2 aromatic rings. The Labute approximate surface area is 236 Å². The van der Waals surface area contributed by atoms with Crippen LogP contribution in [0.4, 0.5) is 0 Å². The number of hydrogen-bond donors (Lipinski definition) is 2. The first-order valence-corrected chi connectivity index (χ1v) is 14.8. The minimum absolute atomic E-state index is 0.0901. The van der Waals surface area contributed by atoms with Gasteiger partial charge in [-0.3, -0.25) is 19.3 Å². The van der Waals surface area contributed by atoms with Crippen LogP contribution in [0, 0.1) is 29.6 Å². The summed E-state index contributed by atoms with van der Waals surface area (Å²) in [4.78, 5) is 67.6. The van der Waals surface area contributed by atoms with Crippen molar-refractivity contribution in [2.75, 3.05) is 13.2 Å². The smallest absolute Gasteiger partial charge is 0.344 e. The van der Waals surface area contributed by atoms with Crippen LogP contribution in [0.3, 0.4) is 0 Å². The standard InChI is InChI=1S/C26H25ClN2O8S2/c1-3-36-15(30)8-37-14-5-4-10(27)6-11(14)16-17-12-7-13(20(17)38-22-21(16)39-26(35)28-22)19-18(12)23(31)29(24(19)32)9(2)25(33)34/h4-6,9,12-13,16-20H,3,7-8H2,1-2H3,(H,28,35)(H,33,34)/t9?,12?,13?,16-,17?,18?,19?,20?/m1/s1. The van der Waals surface area contributed by atoms with Crippen LogP contribution in [0.1, 0.15) is 36.6 Å². The number of fused-ring (bicyclic) bond motifs is 9. The number of benzene rings is 1. The van der Waals surface area contributed by atoms with E-state index in [-0.39, 0.29) is 47.0 Å². The van der Waals surface area contributed by atoms with Gasteiger partial charge in [-0.05, 0) is 56.2 Å². The van der Waals surface area contributed by atoms with Crippen molar-refractivity contribution >= 4 is 58.5 Å². The Morgan fingerprint density at radius 3 is 2.62 bits per heavy atom. The number of carbonyl (C=O) groups excluding carboxylic acids is 3. The zero-order valence-corrected chi connectivity index (χ0v) is 23.3. The molecule has 1 aromatic heterocycles. The van der Waals surface area contributed by atoms with E-state index in [1.807, 2.05) is 0 Å². The highest BCUT2D eigenvalue weighted by molar-refractivity contribution is 8.00. The Kier molecular flexibility index (Phi) is 6.54. The number of carbonyl (C=O) groups is 4. The van der Waals surface area contributed by atoms with Crippen molar-refractivity contribution in [3.8, 4) is 5.75 Å². The van der Waals surface area contributed by atoms with Crippen LogP contribution in [-0.4, -0.2) is 63.2 Å². The number of rotatable bonds is 7. The molecule has 39 heavy (non-hydrogen) atoms. The van der Waals surface area contributed by atoms with Crippen LogP contribution >= 0.6 is 34.7 Å². The molecule has 7 unspecified atom stereocenters. The van der Waals surface area contributed by atoms with Crippen molar-refractivity contribution in [3.05, 3.63) is 43.3 Å². The minimum Gasteiger partial charge on any atom is -0.482 e. The highest BCUT2D eigenvalue weighted by Crippen LogP contribution is 2.69. The number of amides is 2. The molecule has 10 nitrogen and oxygen atoms in total. The summed E-state index contributed by atoms with van der Waals surface area (Å²) in [6, 6.07) is 3.85. The predicted octanol–water partition coefficient (Wildman–Crippen LogP) is 2.98. The van der Waals surface area contributed by atoms with E-state index in [0.29, 0.717) is 27.8 Å². The summed E-state index contributed by atoms with van der Waals surface area (Å²) < 4.78 is 10.9. The van der Waals surface area contributed by atoms with E-state index in [4.69, 9.17) is 21.1 Å². The molecular formula is C26H25ClN2O8S2. The lowest BCUT2D eigenvalue weighted by Gasteiger charge is -2.43. The first kappa shape index (κ1) is 26.4. The number of imide groups is 1. The van der Waals surface area contributed by atoms with Crippen molar-refractivity contribution in [1.82, 2.24) is 9.88 Å². The third-order valence-corrected chi connectivity index (χ3v) is 11.3. The van der Waals surface area contributed by atoms with Gasteiger partial charge in [0.15, 0.2) is 6.61 Å². The molecule has 3 fully saturated rings. The van der Waals surface area contributed by atoms with Gasteiger partial charge in [-0.25, -0.2) is 9.59 Å². The van der Waals surface area contributed by atoms with Gasteiger partial charge in [0, 0.05) is 26.6 Å². The number of hydrogen-bond acceptors (Lipinski definition) is 9. The summed E-state index contributed by atoms with van der Waals surface area (Å²) in [6.45, 7) is 2.97. The molecule has 1 aromatic carbocycles. The van der Waals surface area contributed by atoms with Gasteiger partial charge in [-0.2, -0.15) is 0 Å². The summed E-state index contributed by atoms with van der Waals surface area (Å²) in [5.74, 6) is -4.25. The second-order valence-electron chi connectivity index (χ2n) is 10.3. The molecule has 3 heterocycles. The largest absolute Gasteiger partial charge is 0.482 e. The van der Waals surface area contributed by atoms with Crippen LogP contribution in [0.15, 0.2) is 28.0 Å². The van der Waals surface area contributed by atoms with Crippen LogP contribution in [-0.2, 0) is 23.9 Å². The SMILES string of the molecule is CCOC(=O)COc1ccc(Cl)cc1[C@H]1c2sc(=O)[nH]c2SC2C3CC(C4C(=O)N(C(C)C(=O)O)C(=O)C34)C21. The third kappa shape index (κ3) is 4.02. The lowest BCUT2D eigenvalue weighted by atomic mass is 9.68. The number of aromatic amines is 1. The van der Waals surface area contributed by atoms with Crippen molar-refractivity contribution in [3.63, 3.8) is 0 Å². The lowest BCUT2D eigenvalue weighted by Crippen LogP contribution is -2.44. The van der Waals surface area contributed by atoms with E-state index in [0.717, 1.165) is 21.1 Å². The number of thiazole rings is 1. The van der Waals surface area contributed by atoms with Crippen LogP contribution < -0.4 is 9.61 Å². The second-order valence-corrected chi connectivity index (χ2v) is 12.9. The Balaban J connectivity index is 1.43. The molecule has 4 aliphatic rings. The van der Waals surface area contributed by atoms with E-state index in [1.54, 1.807) is 25.1 Å². The number of esters is 1. The van der Waals surface area contributed by atoms with Crippen molar-refractivity contribution in [2.45, 2.75) is 42.5 Å². The number of ether oxygens (including phenoxy) is 2. The molecule has 2 amide bonds. The maximum Gasteiger partial charge on any atom is 0.344 e. The van der Waals surface area contributed by atoms with E-state index >= 15 is 0 Å². The van der Waals surface area contributed by atoms with Crippen LogP contribution in [0.2, 0.25) is 5.02 Å². The number of aromatic nitrogens is 1. The number of nitrogens with one attached hydrogen (secondary N) is 1. The maximum atomic E-state index is 13.5. The highest BCUT2D eigenvalue weighted by atomic mass is 35.5. The Bertz CT molecular complexity index is 1460. The van der Waals surface area contributed by atoms with Crippen molar-refractivity contribution in [2.24, 2.45) is 29.6 Å². The predicted molar refractivity (Wildman–Crippen MR) is 141 cm³/mol. The van der Waals surface area contributed by atoms with E-state index in [1.165, 1.54) is 18.7 Å². The summed E-state index contributed by atoms with van der Waals surface area (Å²) in [6.07, 6.45) is 0.652. The quantitative estimate of drug-likeness (QED) is 0.366. The number of nitrogens with zero attached hydrogens (tertiary/aromatic N) is 1. The average molecular weight is 593 g/mol. The molecule has 206 valence electrons.